The average molecular weight is 365 g/mol. The summed E-state index contributed by atoms with van der Waals surface area (Å²) in [6, 6.07) is 6.53. The van der Waals surface area contributed by atoms with Gasteiger partial charge in [0.1, 0.15) is 11.9 Å². The van der Waals surface area contributed by atoms with Gasteiger partial charge in [-0.15, -0.1) is 0 Å². The van der Waals surface area contributed by atoms with E-state index in [1.807, 2.05) is 0 Å². The Morgan fingerprint density at radius 1 is 1.19 bits per heavy atom. The van der Waals surface area contributed by atoms with Crippen LogP contribution in [0.1, 0.15) is 49.5 Å². The summed E-state index contributed by atoms with van der Waals surface area (Å²) in [5, 5.41) is 2.72. The number of amides is 1. The van der Waals surface area contributed by atoms with Crippen molar-refractivity contribution in [3.8, 4) is 0 Å². The highest BCUT2D eigenvalue weighted by Crippen LogP contribution is 2.10. The molecular weight excluding hydrogens is 338 g/mol. The maximum absolute atomic E-state index is 11.9. The molecule has 1 amide bonds. The van der Waals surface area contributed by atoms with Gasteiger partial charge in [0.25, 0.3) is 0 Å². The Morgan fingerprint density at radius 2 is 1.85 bits per heavy atom. The lowest BCUT2D eigenvalue weighted by Crippen LogP contribution is -2.41. The molecule has 0 aliphatic heterocycles. The van der Waals surface area contributed by atoms with Crippen molar-refractivity contribution in [1.82, 2.24) is 5.32 Å². The lowest BCUT2D eigenvalue weighted by molar-refractivity contribution is -0.108. The highest BCUT2D eigenvalue weighted by molar-refractivity contribution is 5.89. The zero-order valence-corrected chi connectivity index (χ0v) is 15.7. The molecule has 1 N–H and O–H groups in total. The monoisotopic (exact) mass is 365 g/mol. The van der Waals surface area contributed by atoms with E-state index in [0.29, 0.717) is 25.0 Å². The van der Waals surface area contributed by atoms with E-state index in [1.54, 1.807) is 45.0 Å². The van der Waals surface area contributed by atoms with Crippen molar-refractivity contribution in [3.05, 3.63) is 35.4 Å². The van der Waals surface area contributed by atoms with Gasteiger partial charge < -0.3 is 24.3 Å². The van der Waals surface area contributed by atoms with Gasteiger partial charge in [0.2, 0.25) is 0 Å². The van der Waals surface area contributed by atoms with Crippen LogP contribution >= 0.6 is 0 Å². The van der Waals surface area contributed by atoms with Gasteiger partial charge in [-0.05, 0) is 44.9 Å². The fourth-order valence-electron chi connectivity index (χ4n) is 2.11. The standard InChI is InChI=1S/C19H27NO6/c1-19(2,3)26-18(23)20-16(6-5-11-21)13-25-12-14-7-9-15(10-8-14)17(22)24-4/h7-11,16H,5-6,12-13H2,1-4H3,(H,20,23). The van der Waals surface area contributed by atoms with Crippen LogP contribution in [-0.2, 0) is 25.6 Å². The molecule has 1 aromatic rings. The molecule has 1 unspecified atom stereocenters. The Kier molecular flexibility index (Phi) is 8.78. The molecule has 7 nitrogen and oxygen atoms in total. The number of alkyl carbamates (subject to hydrolysis) is 1. The van der Waals surface area contributed by atoms with Gasteiger partial charge in [0, 0.05) is 6.42 Å². The molecule has 0 saturated carbocycles. The topological polar surface area (TPSA) is 90.9 Å². The molecule has 7 heteroatoms. The van der Waals surface area contributed by atoms with Crippen molar-refractivity contribution in [2.75, 3.05) is 13.7 Å². The highest BCUT2D eigenvalue weighted by atomic mass is 16.6. The van der Waals surface area contributed by atoms with Crippen LogP contribution in [0.3, 0.4) is 0 Å². The zero-order chi connectivity index (χ0) is 19.6. The Hall–Kier alpha value is -2.41. The summed E-state index contributed by atoms with van der Waals surface area (Å²) in [5.74, 6) is -0.395. The van der Waals surface area contributed by atoms with E-state index in [9.17, 15) is 14.4 Å². The molecule has 144 valence electrons. The second kappa shape index (κ2) is 10.6. The smallest absolute Gasteiger partial charge is 0.407 e. The summed E-state index contributed by atoms with van der Waals surface area (Å²) in [4.78, 5) is 33.9. The SMILES string of the molecule is COC(=O)c1ccc(COCC(CCC=O)NC(=O)OC(C)(C)C)cc1. The van der Waals surface area contributed by atoms with Crippen molar-refractivity contribution in [3.63, 3.8) is 0 Å². The second-order valence-electron chi connectivity index (χ2n) is 6.79. The number of carbonyl (C=O) groups is 3. The number of hydrogen-bond donors (Lipinski definition) is 1. The van der Waals surface area contributed by atoms with Gasteiger partial charge in [0.05, 0.1) is 31.9 Å². The second-order valence-corrected chi connectivity index (χ2v) is 6.79. The number of carbonyl (C=O) groups excluding carboxylic acids is 3. The number of benzene rings is 1. The van der Waals surface area contributed by atoms with Gasteiger partial charge in [-0.25, -0.2) is 9.59 Å². The molecular formula is C19H27NO6. The van der Waals surface area contributed by atoms with Gasteiger partial charge in [-0.1, -0.05) is 12.1 Å². The van der Waals surface area contributed by atoms with Crippen LogP contribution in [0.2, 0.25) is 0 Å². The molecule has 0 bridgehead atoms. The number of rotatable bonds is 9. The Labute approximate surface area is 154 Å². The van der Waals surface area contributed by atoms with Gasteiger partial charge in [-0.2, -0.15) is 0 Å². The van der Waals surface area contributed by atoms with Crippen LogP contribution in [0.25, 0.3) is 0 Å². The fraction of sp³-hybridized carbons (Fsp3) is 0.526. The molecule has 0 aliphatic rings. The summed E-state index contributed by atoms with van der Waals surface area (Å²) in [6.07, 6.45) is 1.04. The molecule has 0 saturated heterocycles. The lowest BCUT2D eigenvalue weighted by atomic mass is 10.1. The third kappa shape index (κ3) is 8.62. The van der Waals surface area contributed by atoms with E-state index in [1.165, 1.54) is 7.11 Å². The molecule has 26 heavy (non-hydrogen) atoms. The minimum atomic E-state index is -0.596. The number of methoxy groups -OCH3 is 1. The first kappa shape index (κ1) is 21.6. The van der Waals surface area contributed by atoms with Crippen LogP contribution in [0.5, 0.6) is 0 Å². The van der Waals surface area contributed by atoms with Crippen molar-refractivity contribution in [2.24, 2.45) is 0 Å². The van der Waals surface area contributed by atoms with Crippen LogP contribution in [0.4, 0.5) is 4.79 Å². The first-order valence-electron chi connectivity index (χ1n) is 8.43. The van der Waals surface area contributed by atoms with E-state index >= 15 is 0 Å². The van der Waals surface area contributed by atoms with E-state index in [-0.39, 0.29) is 12.6 Å². The molecule has 1 rings (SSSR count). The predicted octanol–water partition coefficient (Wildman–Crippen LogP) is 2.86. The summed E-state index contributed by atoms with van der Waals surface area (Å²) in [6.45, 7) is 5.89. The van der Waals surface area contributed by atoms with E-state index in [0.717, 1.165) is 11.8 Å². The van der Waals surface area contributed by atoms with Crippen LogP contribution in [0, 0.1) is 0 Å². The Morgan fingerprint density at radius 3 is 2.38 bits per heavy atom. The molecule has 0 aromatic heterocycles. The first-order valence-corrected chi connectivity index (χ1v) is 8.43. The first-order chi connectivity index (χ1) is 12.2. The molecule has 0 spiro atoms. The van der Waals surface area contributed by atoms with Crippen molar-refractivity contribution < 1.29 is 28.6 Å². The third-order valence-electron chi connectivity index (χ3n) is 3.32. The predicted molar refractivity (Wildman–Crippen MR) is 95.9 cm³/mol. The van der Waals surface area contributed by atoms with Crippen LogP contribution in [0.15, 0.2) is 24.3 Å². The van der Waals surface area contributed by atoms with Crippen molar-refractivity contribution in [2.45, 2.75) is 51.9 Å². The van der Waals surface area contributed by atoms with E-state index < -0.39 is 17.7 Å². The fourth-order valence-corrected chi connectivity index (χ4v) is 2.11. The number of hydrogen-bond acceptors (Lipinski definition) is 6. The van der Waals surface area contributed by atoms with E-state index in [2.05, 4.69) is 10.1 Å². The van der Waals surface area contributed by atoms with Crippen molar-refractivity contribution in [1.29, 1.82) is 0 Å². The summed E-state index contributed by atoms with van der Waals surface area (Å²) in [5.41, 5.74) is 0.748. The maximum Gasteiger partial charge on any atom is 0.407 e. The van der Waals surface area contributed by atoms with Gasteiger partial charge >= 0.3 is 12.1 Å². The quantitative estimate of drug-likeness (QED) is 0.534. The highest BCUT2D eigenvalue weighted by Gasteiger charge is 2.19. The van der Waals surface area contributed by atoms with Crippen LogP contribution in [-0.4, -0.2) is 43.7 Å². The van der Waals surface area contributed by atoms with Gasteiger partial charge in [-0.3, -0.25) is 0 Å². The maximum atomic E-state index is 11.9. The molecule has 0 aliphatic carbocycles. The molecule has 1 aromatic carbocycles. The van der Waals surface area contributed by atoms with Gasteiger partial charge in [0.15, 0.2) is 0 Å². The minimum absolute atomic E-state index is 0.242. The molecule has 0 radical (unpaired) electrons. The minimum Gasteiger partial charge on any atom is -0.465 e. The number of aldehydes is 1. The molecule has 1 atom stereocenters. The number of nitrogens with one attached hydrogen (secondary N) is 1. The molecule has 0 fully saturated rings. The van der Waals surface area contributed by atoms with E-state index in [4.69, 9.17) is 9.47 Å². The number of ether oxygens (including phenoxy) is 3. The number of esters is 1. The Bertz CT molecular complexity index is 591. The summed E-state index contributed by atoms with van der Waals surface area (Å²) in [7, 11) is 1.33. The average Bonchev–Trinajstić information content (AvgIpc) is 2.57. The van der Waals surface area contributed by atoms with Crippen LogP contribution < -0.4 is 5.32 Å². The largest absolute Gasteiger partial charge is 0.465 e. The zero-order valence-electron chi connectivity index (χ0n) is 15.7. The molecule has 0 heterocycles. The summed E-state index contributed by atoms with van der Waals surface area (Å²) >= 11 is 0. The van der Waals surface area contributed by atoms with Crippen molar-refractivity contribution >= 4 is 18.3 Å². The summed E-state index contributed by atoms with van der Waals surface area (Å²) < 4.78 is 15.5. The lowest BCUT2D eigenvalue weighted by Gasteiger charge is -2.23. The normalized spacial score (nSPS) is 12.2. The third-order valence-corrected chi connectivity index (χ3v) is 3.32. The Balaban J connectivity index is 2.51.